The van der Waals surface area contributed by atoms with Crippen LogP contribution in [0.15, 0.2) is 84.9 Å². The number of ether oxygens (including phenoxy) is 1. The Morgan fingerprint density at radius 3 is 2.39 bits per heavy atom. The van der Waals surface area contributed by atoms with Gasteiger partial charge < -0.3 is 15.0 Å². The van der Waals surface area contributed by atoms with Gasteiger partial charge in [0.05, 0.1) is 19.6 Å². The molecule has 0 saturated carbocycles. The van der Waals surface area contributed by atoms with Gasteiger partial charge in [-0.25, -0.2) is 0 Å². The maximum Gasteiger partial charge on any atom is 0.251 e. The van der Waals surface area contributed by atoms with Crippen LogP contribution in [0.3, 0.4) is 0 Å². The normalized spacial score (nSPS) is 10.8. The first kappa shape index (κ1) is 24.0. The van der Waals surface area contributed by atoms with Crippen LogP contribution in [0, 0.1) is 6.92 Å². The highest BCUT2D eigenvalue weighted by molar-refractivity contribution is 6.03. The van der Waals surface area contributed by atoms with Crippen LogP contribution < -0.4 is 10.2 Å². The quantitative estimate of drug-likeness (QED) is 0.370. The number of carbonyl (C=O) groups excluding carboxylic acids is 2. The van der Waals surface area contributed by atoms with Crippen molar-refractivity contribution in [3.63, 3.8) is 0 Å². The Hall–Kier alpha value is -3.70. The van der Waals surface area contributed by atoms with Crippen molar-refractivity contribution in [2.24, 2.45) is 0 Å². The van der Waals surface area contributed by atoms with E-state index in [-0.39, 0.29) is 18.2 Å². The molecule has 0 aliphatic carbocycles. The molecule has 2 amide bonds. The van der Waals surface area contributed by atoms with Crippen LogP contribution in [-0.4, -0.2) is 32.1 Å². The van der Waals surface area contributed by atoms with Crippen molar-refractivity contribution < 1.29 is 14.3 Å². The monoisotopic (exact) mass is 442 g/mol. The van der Waals surface area contributed by atoms with Crippen LogP contribution in [0.25, 0.3) is 6.08 Å². The van der Waals surface area contributed by atoms with Crippen molar-refractivity contribution in [3.8, 4) is 0 Å². The molecule has 0 fully saturated rings. The smallest absolute Gasteiger partial charge is 0.251 e. The molecule has 0 spiro atoms. The van der Waals surface area contributed by atoms with E-state index in [1.54, 1.807) is 18.1 Å². The van der Waals surface area contributed by atoms with Crippen LogP contribution >= 0.6 is 0 Å². The molecule has 3 rings (SSSR count). The lowest BCUT2D eigenvalue weighted by Crippen LogP contribution is -2.29. The summed E-state index contributed by atoms with van der Waals surface area (Å²) >= 11 is 0. The summed E-state index contributed by atoms with van der Waals surface area (Å²) in [5.74, 6) is -0.163. The van der Waals surface area contributed by atoms with E-state index >= 15 is 0 Å². The van der Waals surface area contributed by atoms with Gasteiger partial charge >= 0.3 is 0 Å². The molecule has 170 valence electrons. The molecule has 5 heteroatoms. The molecule has 33 heavy (non-hydrogen) atoms. The minimum absolute atomic E-state index is 0.0571. The summed E-state index contributed by atoms with van der Waals surface area (Å²) < 4.78 is 4.95. The fourth-order valence-corrected chi connectivity index (χ4v) is 3.45. The van der Waals surface area contributed by atoms with Crippen molar-refractivity contribution in [3.05, 3.63) is 107 Å². The molecular weight excluding hydrogens is 412 g/mol. The van der Waals surface area contributed by atoms with Crippen LogP contribution in [-0.2, 0) is 27.3 Å². The molecule has 3 aromatic carbocycles. The molecule has 0 unspecified atom stereocenters. The highest BCUT2D eigenvalue weighted by atomic mass is 16.5. The number of hydrogen-bond acceptors (Lipinski definition) is 3. The second-order valence-electron chi connectivity index (χ2n) is 7.84. The molecule has 0 radical (unpaired) electrons. The lowest BCUT2D eigenvalue weighted by Gasteiger charge is -2.22. The molecule has 0 aliphatic rings. The third-order valence-electron chi connectivity index (χ3n) is 5.15. The van der Waals surface area contributed by atoms with Gasteiger partial charge in [0.25, 0.3) is 5.91 Å². The van der Waals surface area contributed by atoms with Gasteiger partial charge in [0.1, 0.15) is 0 Å². The first-order valence-electron chi connectivity index (χ1n) is 11.0. The number of amides is 2. The first-order chi connectivity index (χ1) is 16.0. The summed E-state index contributed by atoms with van der Waals surface area (Å²) in [6.45, 7) is 3.46. The molecular formula is C28H30N2O3. The van der Waals surface area contributed by atoms with E-state index in [1.807, 2.05) is 85.8 Å². The Balaban J connectivity index is 1.77. The Labute approximate surface area is 195 Å². The Morgan fingerprint density at radius 1 is 0.939 bits per heavy atom. The number of carbonyl (C=O) groups is 2. The van der Waals surface area contributed by atoms with E-state index in [2.05, 4.69) is 11.4 Å². The average molecular weight is 443 g/mol. The number of aryl methyl sites for hydroxylation is 1. The Kier molecular flexibility index (Phi) is 8.98. The van der Waals surface area contributed by atoms with E-state index in [1.165, 1.54) is 0 Å². The van der Waals surface area contributed by atoms with Crippen molar-refractivity contribution in [1.29, 1.82) is 0 Å². The van der Waals surface area contributed by atoms with Gasteiger partial charge in [0, 0.05) is 25.4 Å². The number of hydrogen-bond donors (Lipinski definition) is 1. The van der Waals surface area contributed by atoms with Crippen molar-refractivity contribution >= 4 is 23.6 Å². The SMILES string of the molecule is COCCNC(=O)Cc1ccc(N(Cc2cccc(C)c2)C(=O)C=Cc2ccccc2)cc1. The molecule has 0 bridgehead atoms. The summed E-state index contributed by atoms with van der Waals surface area (Å²) in [7, 11) is 1.60. The number of rotatable bonds is 10. The number of methoxy groups -OCH3 is 1. The van der Waals surface area contributed by atoms with Crippen molar-refractivity contribution in [1.82, 2.24) is 5.32 Å². The maximum absolute atomic E-state index is 13.2. The second kappa shape index (κ2) is 12.4. The zero-order chi connectivity index (χ0) is 23.5. The number of nitrogens with zero attached hydrogens (tertiary/aromatic N) is 1. The van der Waals surface area contributed by atoms with Gasteiger partial charge in [0.15, 0.2) is 0 Å². The highest BCUT2D eigenvalue weighted by Crippen LogP contribution is 2.20. The topological polar surface area (TPSA) is 58.6 Å². The second-order valence-corrected chi connectivity index (χ2v) is 7.84. The van der Waals surface area contributed by atoms with Crippen LogP contribution in [0.2, 0.25) is 0 Å². The van der Waals surface area contributed by atoms with E-state index in [9.17, 15) is 9.59 Å². The Bertz CT molecular complexity index is 1080. The number of nitrogens with one attached hydrogen (secondary N) is 1. The van der Waals surface area contributed by atoms with Crippen LogP contribution in [0.1, 0.15) is 22.3 Å². The summed E-state index contributed by atoms with van der Waals surface area (Å²) in [6, 6.07) is 25.5. The molecule has 5 nitrogen and oxygen atoms in total. The van der Waals surface area contributed by atoms with E-state index in [0.717, 1.165) is 27.9 Å². The van der Waals surface area contributed by atoms with E-state index in [0.29, 0.717) is 19.7 Å². The third-order valence-corrected chi connectivity index (χ3v) is 5.15. The molecule has 1 N–H and O–H groups in total. The van der Waals surface area contributed by atoms with Crippen molar-refractivity contribution in [2.45, 2.75) is 19.9 Å². The summed E-state index contributed by atoms with van der Waals surface area (Å²) in [5.41, 5.74) is 4.84. The zero-order valence-corrected chi connectivity index (χ0v) is 19.2. The molecule has 3 aromatic rings. The van der Waals surface area contributed by atoms with Gasteiger partial charge in [-0.05, 0) is 41.8 Å². The number of anilines is 1. The number of benzene rings is 3. The minimum Gasteiger partial charge on any atom is -0.383 e. The summed E-state index contributed by atoms with van der Waals surface area (Å²) in [5, 5.41) is 2.82. The fourth-order valence-electron chi connectivity index (χ4n) is 3.45. The van der Waals surface area contributed by atoms with Gasteiger partial charge in [-0.15, -0.1) is 0 Å². The summed E-state index contributed by atoms with van der Waals surface area (Å²) in [4.78, 5) is 27.0. The van der Waals surface area contributed by atoms with E-state index < -0.39 is 0 Å². The standard InChI is InChI=1S/C28H30N2O3/c1-22-7-6-10-25(19-22)21-30(28(32)16-13-23-8-4-3-5-9-23)26-14-11-24(12-15-26)20-27(31)29-17-18-33-2/h3-16,19H,17-18,20-21H2,1-2H3,(H,29,31). The zero-order valence-electron chi connectivity index (χ0n) is 19.2. The molecule has 0 atom stereocenters. The average Bonchev–Trinajstić information content (AvgIpc) is 2.82. The van der Waals surface area contributed by atoms with Crippen LogP contribution in [0.5, 0.6) is 0 Å². The minimum atomic E-state index is -0.106. The van der Waals surface area contributed by atoms with Crippen molar-refractivity contribution in [2.75, 3.05) is 25.2 Å². The fraction of sp³-hybridized carbons (Fsp3) is 0.214. The lowest BCUT2D eigenvalue weighted by molar-refractivity contribution is -0.120. The molecule has 0 aliphatic heterocycles. The lowest BCUT2D eigenvalue weighted by atomic mass is 10.1. The third kappa shape index (κ3) is 7.74. The van der Waals surface area contributed by atoms with Gasteiger partial charge in [-0.2, -0.15) is 0 Å². The van der Waals surface area contributed by atoms with Gasteiger partial charge in [-0.3, -0.25) is 9.59 Å². The van der Waals surface area contributed by atoms with Crippen LogP contribution in [0.4, 0.5) is 5.69 Å². The maximum atomic E-state index is 13.2. The Morgan fingerprint density at radius 2 is 1.70 bits per heavy atom. The van der Waals surface area contributed by atoms with E-state index in [4.69, 9.17) is 4.74 Å². The molecule has 0 aromatic heterocycles. The predicted octanol–water partition coefficient (Wildman–Crippen LogP) is 4.55. The highest BCUT2D eigenvalue weighted by Gasteiger charge is 2.15. The predicted molar refractivity (Wildman–Crippen MR) is 133 cm³/mol. The largest absolute Gasteiger partial charge is 0.383 e. The van der Waals surface area contributed by atoms with Gasteiger partial charge in [-0.1, -0.05) is 72.3 Å². The van der Waals surface area contributed by atoms with Gasteiger partial charge in [0.2, 0.25) is 5.91 Å². The molecule has 0 heterocycles. The first-order valence-corrected chi connectivity index (χ1v) is 11.0. The molecule has 0 saturated heterocycles. The summed E-state index contributed by atoms with van der Waals surface area (Å²) in [6.07, 6.45) is 3.70.